The average molecular weight is 1470 g/mol. The zero-order valence-electron chi connectivity index (χ0n) is 63.6. The molecule has 0 aliphatic heterocycles. The highest BCUT2D eigenvalue weighted by Crippen LogP contribution is 2.49. The molecular weight excluding hydrogens is 1400 g/mol. The van der Waals surface area contributed by atoms with Gasteiger partial charge in [-0.25, -0.2) is 0 Å². The Bertz CT molecular complexity index is 7660. The van der Waals surface area contributed by atoms with Crippen LogP contribution in [0.1, 0.15) is 0 Å². The van der Waals surface area contributed by atoms with Gasteiger partial charge < -0.3 is 9.13 Å². The first-order chi connectivity index (χ1) is 57.5. The van der Waals surface area contributed by atoms with E-state index in [1.807, 2.05) is 0 Å². The summed E-state index contributed by atoms with van der Waals surface area (Å²) in [5.74, 6) is 0. The monoisotopic (exact) mass is 1470 g/mol. The van der Waals surface area contributed by atoms with Crippen molar-refractivity contribution in [2.45, 2.75) is 0 Å². The lowest BCUT2D eigenvalue weighted by Crippen LogP contribution is -1.95. The van der Waals surface area contributed by atoms with Gasteiger partial charge in [-0.05, 0) is 244 Å². The first-order valence-electron chi connectivity index (χ1n) is 40.1. The molecule has 116 heavy (non-hydrogen) atoms. The van der Waals surface area contributed by atoms with Crippen LogP contribution in [0.15, 0.2) is 449 Å². The van der Waals surface area contributed by atoms with Crippen molar-refractivity contribution >= 4 is 108 Å². The van der Waals surface area contributed by atoms with Gasteiger partial charge in [0.15, 0.2) is 0 Å². The standard InChI is InChI=1S/C60H39N.C54H35N/c1-2-13-40(14-3-1)46-17-12-18-47(37-46)49-33-36-58-56(39-49)51-19-10-11-24-57(51)61(58)50-34-31-44(32-35-50)60-54-22-8-6-20-52(54)59(53-21-7-9-23-55(53)60)43-28-25-42(26-29-43)48-30-27-41-15-4-5-16-45(41)38-48;1-2-14-36(15-3-1)39-18-12-19-40(34-39)41-30-33-52-50(35-41)44-21-10-11-27-51(44)55(52)42-31-28-38(29-32-42)53-46-22-6-8-24-48(46)54(49-25-9-7-23-47(49)53)45-26-13-17-37-16-4-5-20-43(37)45/h1-39H;1-35H. The fraction of sp³-hybridized carbons (Fsp3) is 0. The van der Waals surface area contributed by atoms with Crippen LogP contribution < -0.4 is 0 Å². The summed E-state index contributed by atoms with van der Waals surface area (Å²) in [5.41, 5.74) is 29.3. The molecule has 21 aromatic carbocycles. The molecular formula is C114H74N2. The van der Waals surface area contributed by atoms with Gasteiger partial charge in [-0.2, -0.15) is 0 Å². The number of hydrogen-bond donors (Lipinski definition) is 0. The summed E-state index contributed by atoms with van der Waals surface area (Å²) in [6.07, 6.45) is 0. The molecule has 0 unspecified atom stereocenters. The van der Waals surface area contributed by atoms with Crippen molar-refractivity contribution in [3.63, 3.8) is 0 Å². The molecule has 2 heterocycles. The van der Waals surface area contributed by atoms with Gasteiger partial charge in [0.2, 0.25) is 0 Å². The minimum atomic E-state index is 1.14. The van der Waals surface area contributed by atoms with Crippen molar-refractivity contribution in [2.75, 3.05) is 0 Å². The van der Waals surface area contributed by atoms with Crippen molar-refractivity contribution in [3.05, 3.63) is 449 Å². The molecule has 0 radical (unpaired) electrons. The van der Waals surface area contributed by atoms with E-state index < -0.39 is 0 Å². The molecule has 0 aliphatic carbocycles. The Hall–Kier alpha value is -15.2. The molecule has 2 heteroatoms. The molecule has 23 aromatic rings. The molecule has 0 saturated heterocycles. The normalized spacial score (nSPS) is 11.6. The van der Waals surface area contributed by atoms with E-state index in [1.54, 1.807) is 0 Å². The maximum atomic E-state index is 2.42. The quantitative estimate of drug-likeness (QED) is 0.114. The van der Waals surface area contributed by atoms with Gasteiger partial charge in [0, 0.05) is 32.9 Å². The van der Waals surface area contributed by atoms with Crippen LogP contribution in [0.4, 0.5) is 0 Å². The highest BCUT2D eigenvalue weighted by atomic mass is 15.0. The Morgan fingerprint density at radius 3 is 0.828 bits per heavy atom. The Balaban J connectivity index is 0.000000141. The lowest BCUT2D eigenvalue weighted by Gasteiger charge is -2.19. The molecule has 0 atom stereocenters. The van der Waals surface area contributed by atoms with Gasteiger partial charge >= 0.3 is 0 Å². The van der Waals surface area contributed by atoms with E-state index in [4.69, 9.17) is 0 Å². The van der Waals surface area contributed by atoms with Gasteiger partial charge in [-0.3, -0.25) is 0 Å². The topological polar surface area (TPSA) is 9.86 Å². The molecule has 2 aromatic heterocycles. The second-order valence-electron chi connectivity index (χ2n) is 30.5. The fourth-order valence-electron chi connectivity index (χ4n) is 18.6. The molecule has 540 valence electrons. The number of nitrogens with zero attached hydrogens (tertiary/aromatic N) is 2. The number of aromatic nitrogens is 2. The smallest absolute Gasteiger partial charge is 0.0541 e. The molecule has 23 rings (SSSR count). The maximum Gasteiger partial charge on any atom is 0.0541 e. The van der Waals surface area contributed by atoms with Crippen LogP contribution in [0, 0.1) is 0 Å². The Kier molecular flexibility index (Phi) is 16.6. The Morgan fingerprint density at radius 2 is 0.388 bits per heavy atom. The van der Waals surface area contributed by atoms with Crippen molar-refractivity contribution < 1.29 is 0 Å². The maximum absolute atomic E-state index is 2.42. The molecule has 0 N–H and O–H groups in total. The van der Waals surface area contributed by atoms with Crippen molar-refractivity contribution in [2.24, 2.45) is 0 Å². The van der Waals surface area contributed by atoms with Crippen LogP contribution in [-0.4, -0.2) is 9.13 Å². The van der Waals surface area contributed by atoms with Crippen molar-refractivity contribution in [1.29, 1.82) is 0 Å². The van der Waals surface area contributed by atoms with Gasteiger partial charge in [0.25, 0.3) is 0 Å². The number of rotatable bonds is 11. The highest BCUT2D eigenvalue weighted by Gasteiger charge is 2.23. The third kappa shape index (κ3) is 11.7. The Labute approximate surface area is 673 Å². The predicted molar refractivity (Wildman–Crippen MR) is 496 cm³/mol. The molecule has 0 amide bonds. The first kappa shape index (κ1) is 67.7. The van der Waals surface area contributed by atoms with Crippen molar-refractivity contribution in [3.8, 4) is 112 Å². The number of benzene rings is 21. The van der Waals surface area contributed by atoms with Gasteiger partial charge in [0.1, 0.15) is 0 Å². The van der Waals surface area contributed by atoms with Crippen LogP contribution in [0.25, 0.3) is 220 Å². The van der Waals surface area contributed by atoms with E-state index in [1.165, 1.54) is 208 Å². The lowest BCUT2D eigenvalue weighted by molar-refractivity contribution is 1.18. The van der Waals surface area contributed by atoms with E-state index in [0.29, 0.717) is 0 Å². The minimum Gasteiger partial charge on any atom is -0.309 e. The summed E-state index contributed by atoms with van der Waals surface area (Å²) in [6.45, 7) is 0. The zero-order chi connectivity index (χ0) is 76.6. The molecule has 0 bridgehead atoms. The molecule has 0 saturated carbocycles. The summed E-state index contributed by atoms with van der Waals surface area (Å²) in [5, 5.41) is 20.1. The molecule has 2 nitrogen and oxygen atoms in total. The molecule has 0 aliphatic rings. The number of hydrogen-bond acceptors (Lipinski definition) is 0. The summed E-state index contributed by atoms with van der Waals surface area (Å²) in [6, 6.07) is 164. The van der Waals surface area contributed by atoms with E-state index in [2.05, 4.69) is 458 Å². The van der Waals surface area contributed by atoms with Crippen LogP contribution >= 0.6 is 0 Å². The SMILES string of the molecule is c1ccc(-c2cccc(-c3ccc4c(c3)c3ccccc3n4-c3ccc(-c4c5ccccc5c(-c5ccc(-c6ccc7ccccc7c6)cc5)c5ccccc45)cc3)c2)cc1.c1ccc(-c2cccc(-c3ccc4c(c3)c3ccccc3n4-c3ccc(-c4c5ccccc5c(-c5cccc6ccccc56)c5ccccc45)cc3)c2)cc1. The van der Waals surface area contributed by atoms with E-state index in [-0.39, 0.29) is 0 Å². The predicted octanol–water partition coefficient (Wildman–Crippen LogP) is 31.5. The first-order valence-corrected chi connectivity index (χ1v) is 40.1. The molecule has 0 fully saturated rings. The summed E-state index contributed by atoms with van der Waals surface area (Å²) in [4.78, 5) is 0. The number of para-hydroxylation sites is 2. The number of fused-ring (bicyclic) bond motifs is 12. The lowest BCUT2D eigenvalue weighted by atomic mass is 9.85. The highest BCUT2D eigenvalue weighted by molar-refractivity contribution is 6.25. The summed E-state index contributed by atoms with van der Waals surface area (Å²) >= 11 is 0. The van der Waals surface area contributed by atoms with Gasteiger partial charge in [-0.15, -0.1) is 0 Å². The second-order valence-corrected chi connectivity index (χ2v) is 30.5. The largest absolute Gasteiger partial charge is 0.309 e. The summed E-state index contributed by atoms with van der Waals surface area (Å²) in [7, 11) is 0. The van der Waals surface area contributed by atoms with E-state index >= 15 is 0 Å². The van der Waals surface area contributed by atoms with E-state index in [9.17, 15) is 0 Å². The minimum absolute atomic E-state index is 1.14. The average Bonchev–Trinajstić information content (AvgIpc) is 0.989. The Morgan fingerprint density at radius 1 is 0.121 bits per heavy atom. The van der Waals surface area contributed by atoms with Crippen molar-refractivity contribution in [1.82, 2.24) is 9.13 Å². The third-order valence-electron chi connectivity index (χ3n) is 24.0. The zero-order valence-corrected chi connectivity index (χ0v) is 63.6. The van der Waals surface area contributed by atoms with Crippen LogP contribution in [0.5, 0.6) is 0 Å². The summed E-state index contributed by atoms with van der Waals surface area (Å²) < 4.78 is 4.83. The molecule has 0 spiro atoms. The fourth-order valence-corrected chi connectivity index (χ4v) is 18.6. The van der Waals surface area contributed by atoms with Crippen LogP contribution in [-0.2, 0) is 0 Å². The van der Waals surface area contributed by atoms with Gasteiger partial charge in [-0.1, -0.05) is 370 Å². The van der Waals surface area contributed by atoms with Crippen LogP contribution in [0.2, 0.25) is 0 Å². The van der Waals surface area contributed by atoms with Gasteiger partial charge in [0.05, 0.1) is 22.1 Å². The second kappa shape index (κ2) is 28.5. The van der Waals surface area contributed by atoms with Crippen LogP contribution in [0.3, 0.4) is 0 Å². The van der Waals surface area contributed by atoms with E-state index in [0.717, 1.165) is 11.4 Å². The third-order valence-corrected chi connectivity index (χ3v) is 24.0.